The van der Waals surface area contributed by atoms with Crippen molar-refractivity contribution in [2.75, 3.05) is 19.6 Å². The number of hydrogen-bond acceptors (Lipinski definition) is 4. The fourth-order valence-electron chi connectivity index (χ4n) is 2.94. The number of thiazole rings is 1. The first-order chi connectivity index (χ1) is 12.6. The maximum absolute atomic E-state index is 12.2. The summed E-state index contributed by atoms with van der Waals surface area (Å²) in [6, 6.07) is 7.40. The monoisotopic (exact) mass is 391 g/mol. The van der Waals surface area contributed by atoms with Crippen molar-refractivity contribution in [3.05, 3.63) is 40.4 Å². The molecule has 26 heavy (non-hydrogen) atoms. The van der Waals surface area contributed by atoms with Crippen molar-refractivity contribution in [1.82, 2.24) is 15.2 Å². The Labute approximate surface area is 162 Å². The van der Waals surface area contributed by atoms with E-state index in [0.717, 1.165) is 42.8 Å². The Morgan fingerprint density at radius 2 is 2.04 bits per heavy atom. The standard InChI is InChI=1S/C19H22ClN3O2S/c20-15-8-6-14(7-9-15)19-22-16(13-26-19)18(25)21-10-4-12-23-11-3-1-2-5-17(23)24/h6-9,13H,1-5,10-12H2,(H,21,25). The number of nitrogens with one attached hydrogen (secondary N) is 1. The van der Waals surface area contributed by atoms with Crippen molar-refractivity contribution in [2.45, 2.75) is 32.1 Å². The third-order valence-corrected chi connectivity index (χ3v) is 5.53. The fraction of sp³-hybridized carbons (Fsp3) is 0.421. The summed E-state index contributed by atoms with van der Waals surface area (Å²) < 4.78 is 0. The zero-order valence-electron chi connectivity index (χ0n) is 14.5. The molecule has 2 amide bonds. The highest BCUT2D eigenvalue weighted by molar-refractivity contribution is 7.13. The summed E-state index contributed by atoms with van der Waals surface area (Å²) >= 11 is 7.33. The molecule has 1 aromatic heterocycles. The molecule has 0 aliphatic carbocycles. The van der Waals surface area contributed by atoms with Crippen molar-refractivity contribution in [2.24, 2.45) is 0 Å². The third-order valence-electron chi connectivity index (χ3n) is 4.39. The van der Waals surface area contributed by atoms with Gasteiger partial charge in [0.15, 0.2) is 0 Å². The summed E-state index contributed by atoms with van der Waals surface area (Å²) in [6.45, 7) is 2.08. The lowest BCUT2D eigenvalue weighted by molar-refractivity contribution is -0.130. The quantitative estimate of drug-likeness (QED) is 0.757. The zero-order valence-corrected chi connectivity index (χ0v) is 16.1. The molecule has 0 spiro atoms. The van der Waals surface area contributed by atoms with Crippen LogP contribution in [0.15, 0.2) is 29.6 Å². The predicted octanol–water partition coefficient (Wildman–Crippen LogP) is 3.99. The van der Waals surface area contributed by atoms with Gasteiger partial charge in [-0.25, -0.2) is 4.98 Å². The van der Waals surface area contributed by atoms with Gasteiger partial charge in [0.1, 0.15) is 10.7 Å². The first kappa shape index (κ1) is 18.9. The molecule has 1 N–H and O–H groups in total. The number of hydrogen-bond donors (Lipinski definition) is 1. The van der Waals surface area contributed by atoms with Gasteiger partial charge in [-0.2, -0.15) is 0 Å². The molecule has 1 aliphatic heterocycles. The average molecular weight is 392 g/mol. The summed E-state index contributed by atoms with van der Waals surface area (Å²) in [5, 5.41) is 6.12. The predicted molar refractivity (Wildman–Crippen MR) is 105 cm³/mol. The maximum Gasteiger partial charge on any atom is 0.270 e. The maximum atomic E-state index is 12.2. The van der Waals surface area contributed by atoms with Crippen LogP contribution in [0.1, 0.15) is 42.6 Å². The normalized spacial score (nSPS) is 15.0. The number of amides is 2. The van der Waals surface area contributed by atoms with Crippen molar-refractivity contribution >= 4 is 34.8 Å². The van der Waals surface area contributed by atoms with Gasteiger partial charge in [0.05, 0.1) is 0 Å². The van der Waals surface area contributed by atoms with Crippen LogP contribution in [0.4, 0.5) is 0 Å². The first-order valence-corrected chi connectivity index (χ1v) is 10.2. The van der Waals surface area contributed by atoms with Crippen LogP contribution in [0.2, 0.25) is 5.02 Å². The summed E-state index contributed by atoms with van der Waals surface area (Å²) in [7, 11) is 0. The minimum atomic E-state index is -0.177. The van der Waals surface area contributed by atoms with Gasteiger partial charge in [-0.15, -0.1) is 11.3 Å². The number of carbonyl (C=O) groups excluding carboxylic acids is 2. The molecule has 1 fully saturated rings. The first-order valence-electron chi connectivity index (χ1n) is 8.91. The molecule has 5 nitrogen and oxygen atoms in total. The van der Waals surface area contributed by atoms with Crippen molar-refractivity contribution in [3.8, 4) is 10.6 Å². The SMILES string of the molecule is O=C(NCCCN1CCCCCC1=O)c1csc(-c2ccc(Cl)cc2)n1. The molecule has 1 aliphatic rings. The number of rotatable bonds is 6. The lowest BCUT2D eigenvalue weighted by Gasteiger charge is -2.20. The molecular formula is C19H22ClN3O2S. The lowest BCUT2D eigenvalue weighted by Crippen LogP contribution is -2.34. The van der Waals surface area contributed by atoms with E-state index in [9.17, 15) is 9.59 Å². The second kappa shape index (κ2) is 9.14. The van der Waals surface area contributed by atoms with E-state index in [1.807, 2.05) is 29.2 Å². The highest BCUT2D eigenvalue weighted by Gasteiger charge is 2.16. The van der Waals surface area contributed by atoms with Crippen LogP contribution in [0.5, 0.6) is 0 Å². The van der Waals surface area contributed by atoms with Crippen LogP contribution in [0.25, 0.3) is 10.6 Å². The van der Waals surface area contributed by atoms with E-state index in [1.54, 1.807) is 5.38 Å². The van der Waals surface area contributed by atoms with Gasteiger partial charge >= 0.3 is 0 Å². The van der Waals surface area contributed by atoms with E-state index < -0.39 is 0 Å². The smallest absolute Gasteiger partial charge is 0.270 e. The molecule has 3 rings (SSSR count). The molecular weight excluding hydrogens is 370 g/mol. The second-order valence-corrected chi connectivity index (χ2v) is 7.64. The Balaban J connectivity index is 1.46. The van der Waals surface area contributed by atoms with Crippen molar-refractivity contribution < 1.29 is 9.59 Å². The van der Waals surface area contributed by atoms with Gasteiger partial charge in [0, 0.05) is 42.0 Å². The van der Waals surface area contributed by atoms with Crippen LogP contribution in [-0.4, -0.2) is 41.3 Å². The lowest BCUT2D eigenvalue weighted by atomic mass is 10.2. The van der Waals surface area contributed by atoms with Gasteiger partial charge < -0.3 is 10.2 Å². The molecule has 7 heteroatoms. The number of carbonyl (C=O) groups is 2. The molecule has 0 saturated carbocycles. The number of halogens is 1. The molecule has 0 unspecified atom stereocenters. The summed E-state index contributed by atoms with van der Waals surface area (Å²) in [5.74, 6) is 0.0598. The van der Waals surface area contributed by atoms with Crippen LogP contribution >= 0.6 is 22.9 Å². The van der Waals surface area contributed by atoms with Crippen LogP contribution < -0.4 is 5.32 Å². The summed E-state index contributed by atoms with van der Waals surface area (Å²) in [6.07, 6.45) is 4.60. The van der Waals surface area contributed by atoms with E-state index in [0.29, 0.717) is 30.2 Å². The number of benzene rings is 1. The molecule has 0 atom stereocenters. The summed E-state index contributed by atoms with van der Waals surface area (Å²) in [4.78, 5) is 30.5. The van der Waals surface area contributed by atoms with E-state index in [2.05, 4.69) is 10.3 Å². The zero-order chi connectivity index (χ0) is 18.4. The second-order valence-electron chi connectivity index (χ2n) is 6.35. The highest BCUT2D eigenvalue weighted by atomic mass is 35.5. The van der Waals surface area contributed by atoms with Crippen molar-refractivity contribution in [3.63, 3.8) is 0 Å². The Morgan fingerprint density at radius 1 is 1.23 bits per heavy atom. The van der Waals surface area contributed by atoms with E-state index in [4.69, 9.17) is 11.6 Å². The van der Waals surface area contributed by atoms with Crippen molar-refractivity contribution in [1.29, 1.82) is 0 Å². The fourth-order valence-corrected chi connectivity index (χ4v) is 3.87. The highest BCUT2D eigenvalue weighted by Crippen LogP contribution is 2.25. The van der Waals surface area contributed by atoms with Crippen LogP contribution in [0.3, 0.4) is 0 Å². The van der Waals surface area contributed by atoms with Gasteiger partial charge in [-0.3, -0.25) is 9.59 Å². The topological polar surface area (TPSA) is 62.3 Å². The van der Waals surface area contributed by atoms with Gasteiger partial charge in [-0.05, 0) is 31.4 Å². The van der Waals surface area contributed by atoms with E-state index >= 15 is 0 Å². The largest absolute Gasteiger partial charge is 0.351 e. The molecule has 2 aromatic rings. The molecule has 2 heterocycles. The Morgan fingerprint density at radius 3 is 2.85 bits per heavy atom. The number of aromatic nitrogens is 1. The minimum absolute atomic E-state index is 0.177. The Bertz CT molecular complexity index is 760. The van der Waals surface area contributed by atoms with E-state index in [1.165, 1.54) is 11.3 Å². The number of nitrogens with zero attached hydrogens (tertiary/aromatic N) is 2. The van der Waals surface area contributed by atoms with Gasteiger partial charge in [-0.1, -0.05) is 30.2 Å². The molecule has 0 bridgehead atoms. The third kappa shape index (κ3) is 5.05. The van der Waals surface area contributed by atoms with Crippen LogP contribution in [0, 0.1) is 0 Å². The van der Waals surface area contributed by atoms with Gasteiger partial charge in [0.2, 0.25) is 5.91 Å². The summed E-state index contributed by atoms with van der Waals surface area (Å²) in [5.41, 5.74) is 1.36. The number of likely N-dealkylation sites (tertiary alicyclic amines) is 1. The molecule has 1 aromatic carbocycles. The van der Waals surface area contributed by atoms with Crippen LogP contribution in [-0.2, 0) is 4.79 Å². The molecule has 1 saturated heterocycles. The van der Waals surface area contributed by atoms with E-state index in [-0.39, 0.29) is 11.8 Å². The molecule has 138 valence electrons. The average Bonchev–Trinajstić information content (AvgIpc) is 3.04. The Kier molecular flexibility index (Phi) is 6.63. The molecule has 0 radical (unpaired) electrons. The van der Waals surface area contributed by atoms with Gasteiger partial charge in [0.25, 0.3) is 5.91 Å². The Hall–Kier alpha value is -1.92. The minimum Gasteiger partial charge on any atom is -0.351 e.